The van der Waals surface area contributed by atoms with E-state index in [1.165, 1.54) is 44.9 Å². The van der Waals surface area contributed by atoms with E-state index in [9.17, 15) is 4.79 Å². The Balaban J connectivity index is 1.27. The van der Waals surface area contributed by atoms with Gasteiger partial charge in [0.15, 0.2) is 0 Å². The van der Waals surface area contributed by atoms with E-state index in [4.69, 9.17) is 11.6 Å². The lowest BCUT2D eigenvalue weighted by molar-refractivity contribution is -0.150. The average molecular weight is 348 g/mol. The maximum Gasteiger partial charge on any atom is 0.226 e. The Morgan fingerprint density at radius 2 is 1.25 bits per heavy atom. The van der Waals surface area contributed by atoms with Gasteiger partial charge in [0.2, 0.25) is 5.91 Å². The first kappa shape index (κ1) is 14.9. The van der Waals surface area contributed by atoms with E-state index >= 15 is 0 Å². The molecule has 0 aromatic rings. The summed E-state index contributed by atoms with van der Waals surface area (Å²) in [5.74, 6) is 4.52. The first-order valence-electron chi connectivity index (χ1n) is 10.4. The smallest absolute Gasteiger partial charge is 0.226 e. The van der Waals surface area contributed by atoms with Crippen LogP contribution in [-0.4, -0.2) is 16.3 Å². The number of carbonyl (C=O) groups excluding carboxylic acids is 1. The van der Waals surface area contributed by atoms with E-state index < -0.39 is 0 Å². The summed E-state index contributed by atoms with van der Waals surface area (Å²) in [6.07, 6.45) is 15.0. The van der Waals surface area contributed by atoms with E-state index in [2.05, 4.69) is 5.32 Å². The van der Waals surface area contributed by atoms with Crippen molar-refractivity contribution in [1.29, 1.82) is 0 Å². The lowest BCUT2D eigenvalue weighted by atomic mass is 9.48. The van der Waals surface area contributed by atoms with Crippen LogP contribution in [0.25, 0.3) is 0 Å². The Morgan fingerprint density at radius 1 is 0.750 bits per heavy atom. The van der Waals surface area contributed by atoms with Gasteiger partial charge in [-0.2, -0.15) is 0 Å². The van der Waals surface area contributed by atoms with Gasteiger partial charge < -0.3 is 5.32 Å². The lowest BCUT2D eigenvalue weighted by Crippen LogP contribution is -2.65. The molecule has 8 rings (SSSR count). The van der Waals surface area contributed by atoms with Crippen LogP contribution in [0.5, 0.6) is 0 Å². The second kappa shape index (κ2) is 4.53. The molecule has 0 aromatic heterocycles. The number of hydrogen-bond acceptors (Lipinski definition) is 1. The van der Waals surface area contributed by atoms with Crippen LogP contribution < -0.4 is 5.32 Å². The van der Waals surface area contributed by atoms with Crippen LogP contribution in [0, 0.1) is 35.0 Å². The molecule has 0 aromatic carbocycles. The maximum absolute atomic E-state index is 13.6. The number of halogens is 1. The van der Waals surface area contributed by atoms with Gasteiger partial charge in [-0.15, -0.1) is 11.6 Å². The molecule has 8 fully saturated rings. The zero-order chi connectivity index (χ0) is 16.2. The fraction of sp³-hybridized carbons (Fsp3) is 0.952. The number of amides is 1. The van der Waals surface area contributed by atoms with E-state index in [0.717, 1.165) is 49.9 Å². The standard InChI is InChI=1S/C21H30ClNO/c22-20-7-16-4-17(8-20)6-19(5-16,12-20)18(24)23-21-9-13-1-14(10-21)3-15(2-13)11-21/h13-17H,1-12H2,(H,23,24)/t13?,14?,15?,16-,17+,19?,20?,21?. The highest BCUT2D eigenvalue weighted by atomic mass is 35.5. The van der Waals surface area contributed by atoms with Crippen LogP contribution in [0.2, 0.25) is 0 Å². The Labute approximate surface area is 150 Å². The summed E-state index contributed by atoms with van der Waals surface area (Å²) in [5, 5.41) is 3.70. The SMILES string of the molecule is O=C(NC12CC3CC(CC(C3)C1)C2)C12C[C@@H]3C[C@@H](CC(Cl)(C3)C1)C2. The molecule has 4 atom stereocenters. The highest BCUT2D eigenvalue weighted by Gasteiger charge is 2.61. The summed E-state index contributed by atoms with van der Waals surface area (Å²) in [4.78, 5) is 13.5. The number of alkyl halides is 1. The molecule has 0 radical (unpaired) electrons. The van der Waals surface area contributed by atoms with E-state index in [1.54, 1.807) is 0 Å². The number of hydrogen-bond donors (Lipinski definition) is 1. The van der Waals surface area contributed by atoms with E-state index in [-0.39, 0.29) is 15.8 Å². The van der Waals surface area contributed by atoms with Gasteiger partial charge in [0.1, 0.15) is 0 Å². The second-order valence-corrected chi connectivity index (χ2v) is 11.8. The summed E-state index contributed by atoms with van der Waals surface area (Å²) >= 11 is 6.96. The van der Waals surface area contributed by atoms with E-state index in [0.29, 0.717) is 17.7 Å². The molecule has 1 amide bonds. The highest BCUT2D eigenvalue weighted by molar-refractivity contribution is 6.24. The molecule has 0 spiro atoms. The molecular weight excluding hydrogens is 318 g/mol. The molecule has 1 N–H and O–H groups in total. The third-order valence-electron chi connectivity index (χ3n) is 8.89. The first-order chi connectivity index (χ1) is 11.4. The summed E-state index contributed by atoms with van der Waals surface area (Å²) in [6, 6.07) is 0. The van der Waals surface area contributed by atoms with Crippen molar-refractivity contribution in [3.8, 4) is 0 Å². The normalized spacial score (nSPS) is 59.8. The molecule has 8 aliphatic rings. The molecule has 8 saturated carbocycles. The fourth-order valence-corrected chi connectivity index (χ4v) is 9.75. The first-order valence-corrected chi connectivity index (χ1v) is 10.8. The molecule has 2 nitrogen and oxygen atoms in total. The third kappa shape index (κ3) is 2.04. The predicted molar refractivity (Wildman–Crippen MR) is 94.7 cm³/mol. The van der Waals surface area contributed by atoms with Crippen LogP contribution in [-0.2, 0) is 4.79 Å². The Morgan fingerprint density at radius 3 is 1.75 bits per heavy atom. The number of rotatable bonds is 2. The average Bonchev–Trinajstić information content (AvgIpc) is 2.42. The molecule has 132 valence electrons. The Hall–Kier alpha value is -0.240. The van der Waals surface area contributed by atoms with Crippen molar-refractivity contribution in [1.82, 2.24) is 5.32 Å². The Kier molecular flexibility index (Phi) is 2.81. The zero-order valence-corrected chi connectivity index (χ0v) is 15.4. The van der Waals surface area contributed by atoms with Gasteiger partial charge >= 0.3 is 0 Å². The molecule has 0 heterocycles. The molecule has 0 aliphatic heterocycles. The molecule has 8 aliphatic carbocycles. The quantitative estimate of drug-likeness (QED) is 0.724. The van der Waals surface area contributed by atoms with Crippen molar-refractivity contribution in [2.45, 2.75) is 87.5 Å². The molecule has 3 heteroatoms. The largest absolute Gasteiger partial charge is 0.350 e. The Bertz CT molecular complexity index is 549. The van der Waals surface area contributed by atoms with Gasteiger partial charge in [-0.05, 0) is 107 Å². The molecular formula is C21H30ClNO. The topological polar surface area (TPSA) is 29.1 Å². The van der Waals surface area contributed by atoms with Crippen LogP contribution in [0.1, 0.15) is 77.0 Å². The molecule has 2 unspecified atom stereocenters. The van der Waals surface area contributed by atoms with Crippen molar-refractivity contribution >= 4 is 17.5 Å². The molecule has 24 heavy (non-hydrogen) atoms. The highest BCUT2D eigenvalue weighted by Crippen LogP contribution is 2.64. The predicted octanol–water partition coefficient (Wildman–Crippen LogP) is 4.65. The fourth-order valence-electron chi connectivity index (χ4n) is 9.05. The minimum absolute atomic E-state index is 0.0527. The summed E-state index contributed by atoms with van der Waals surface area (Å²) in [5.41, 5.74) is 0.0454. The molecule has 8 bridgehead atoms. The second-order valence-electron chi connectivity index (χ2n) is 11.0. The number of nitrogens with one attached hydrogen (secondary N) is 1. The van der Waals surface area contributed by atoms with Crippen molar-refractivity contribution in [2.24, 2.45) is 35.0 Å². The van der Waals surface area contributed by atoms with Gasteiger partial charge in [-0.1, -0.05) is 0 Å². The van der Waals surface area contributed by atoms with Crippen molar-refractivity contribution in [3.63, 3.8) is 0 Å². The minimum atomic E-state index is -0.116. The summed E-state index contributed by atoms with van der Waals surface area (Å²) in [6.45, 7) is 0. The summed E-state index contributed by atoms with van der Waals surface area (Å²) in [7, 11) is 0. The van der Waals surface area contributed by atoms with Gasteiger partial charge in [-0.25, -0.2) is 0 Å². The van der Waals surface area contributed by atoms with Gasteiger partial charge in [0, 0.05) is 10.4 Å². The van der Waals surface area contributed by atoms with Crippen LogP contribution in [0.15, 0.2) is 0 Å². The zero-order valence-electron chi connectivity index (χ0n) is 14.7. The van der Waals surface area contributed by atoms with Crippen LogP contribution in [0.4, 0.5) is 0 Å². The summed E-state index contributed by atoms with van der Waals surface area (Å²) < 4.78 is 0. The molecule has 0 saturated heterocycles. The lowest BCUT2D eigenvalue weighted by Gasteiger charge is -2.61. The van der Waals surface area contributed by atoms with Crippen LogP contribution >= 0.6 is 11.6 Å². The number of carbonyl (C=O) groups is 1. The van der Waals surface area contributed by atoms with Gasteiger partial charge in [-0.3, -0.25) is 4.79 Å². The van der Waals surface area contributed by atoms with Crippen molar-refractivity contribution in [3.05, 3.63) is 0 Å². The monoisotopic (exact) mass is 347 g/mol. The van der Waals surface area contributed by atoms with E-state index in [1.807, 2.05) is 0 Å². The third-order valence-corrected chi connectivity index (χ3v) is 9.33. The maximum atomic E-state index is 13.6. The van der Waals surface area contributed by atoms with Crippen molar-refractivity contribution in [2.75, 3.05) is 0 Å². The minimum Gasteiger partial charge on any atom is -0.350 e. The van der Waals surface area contributed by atoms with Crippen LogP contribution in [0.3, 0.4) is 0 Å². The van der Waals surface area contributed by atoms with Gasteiger partial charge in [0.05, 0.1) is 5.41 Å². The van der Waals surface area contributed by atoms with Gasteiger partial charge in [0.25, 0.3) is 0 Å². The van der Waals surface area contributed by atoms with Crippen molar-refractivity contribution < 1.29 is 4.79 Å².